The van der Waals surface area contributed by atoms with Crippen LogP contribution in [0, 0.1) is 12.7 Å². The summed E-state index contributed by atoms with van der Waals surface area (Å²) in [4.78, 5) is 31.3. The van der Waals surface area contributed by atoms with Gasteiger partial charge < -0.3 is 19.5 Å². The third-order valence-electron chi connectivity index (χ3n) is 7.87. The van der Waals surface area contributed by atoms with E-state index >= 15 is 0 Å². The molecule has 2 aromatic heterocycles. The number of rotatable bonds is 8. The van der Waals surface area contributed by atoms with Gasteiger partial charge in [0, 0.05) is 62.3 Å². The molecule has 1 aliphatic rings. The summed E-state index contributed by atoms with van der Waals surface area (Å²) in [6, 6.07) is 13.9. The summed E-state index contributed by atoms with van der Waals surface area (Å²) < 4.78 is 59.8. The van der Waals surface area contributed by atoms with E-state index in [-0.39, 0.29) is 18.4 Å². The molecule has 0 spiro atoms. The monoisotopic (exact) mass is 596 g/mol. The Balaban J connectivity index is 1.37. The minimum Gasteiger partial charge on any atom is -0.383 e. The van der Waals surface area contributed by atoms with Crippen LogP contribution in [0.15, 0.2) is 60.9 Å². The maximum atomic E-state index is 14.8. The fraction of sp³-hybridized carbons (Fsp3) is 0.344. The Morgan fingerprint density at radius 3 is 2.56 bits per heavy atom. The van der Waals surface area contributed by atoms with E-state index in [4.69, 9.17) is 4.74 Å². The van der Waals surface area contributed by atoms with Crippen molar-refractivity contribution in [2.45, 2.75) is 44.9 Å². The van der Waals surface area contributed by atoms with Crippen molar-refractivity contribution in [3.05, 3.63) is 89.1 Å². The Bertz CT molecular complexity index is 1640. The summed E-state index contributed by atoms with van der Waals surface area (Å²) in [6.45, 7) is 3.38. The van der Waals surface area contributed by atoms with Gasteiger partial charge in [0.25, 0.3) is 5.91 Å². The van der Waals surface area contributed by atoms with E-state index in [0.717, 1.165) is 27.7 Å². The number of benzene rings is 2. The molecule has 0 saturated carbocycles. The van der Waals surface area contributed by atoms with Gasteiger partial charge >= 0.3 is 12.1 Å². The Morgan fingerprint density at radius 2 is 1.86 bits per heavy atom. The van der Waals surface area contributed by atoms with Gasteiger partial charge in [-0.1, -0.05) is 24.3 Å². The van der Waals surface area contributed by atoms with Crippen molar-refractivity contribution in [1.29, 1.82) is 0 Å². The zero-order chi connectivity index (χ0) is 30.7. The predicted molar refractivity (Wildman–Crippen MR) is 154 cm³/mol. The van der Waals surface area contributed by atoms with Crippen molar-refractivity contribution in [2.24, 2.45) is 0 Å². The Morgan fingerprint density at radius 1 is 1.09 bits per heavy atom. The third kappa shape index (κ3) is 6.56. The average molecular weight is 597 g/mol. The molecule has 4 aromatic rings. The Hall–Kier alpha value is -4.25. The average Bonchev–Trinajstić information content (AvgIpc) is 3.37. The lowest BCUT2D eigenvalue weighted by molar-refractivity contribution is -0.173. The fourth-order valence-electron chi connectivity index (χ4n) is 5.71. The van der Waals surface area contributed by atoms with E-state index in [9.17, 15) is 27.2 Å². The fourth-order valence-corrected chi connectivity index (χ4v) is 5.71. The van der Waals surface area contributed by atoms with Gasteiger partial charge in [-0.2, -0.15) is 13.2 Å². The van der Waals surface area contributed by atoms with Crippen molar-refractivity contribution in [2.75, 3.05) is 26.8 Å². The van der Waals surface area contributed by atoms with Crippen LogP contribution in [0.2, 0.25) is 0 Å². The highest BCUT2D eigenvalue weighted by molar-refractivity contribution is 6.12. The molecule has 0 unspecified atom stereocenters. The lowest BCUT2D eigenvalue weighted by Crippen LogP contribution is -2.38. The van der Waals surface area contributed by atoms with Crippen LogP contribution >= 0.6 is 0 Å². The van der Waals surface area contributed by atoms with E-state index in [0.29, 0.717) is 55.8 Å². The summed E-state index contributed by atoms with van der Waals surface area (Å²) >= 11 is 0. The summed E-state index contributed by atoms with van der Waals surface area (Å²) in [5.74, 6) is -2.85. The van der Waals surface area contributed by atoms with Crippen LogP contribution in [0.4, 0.5) is 17.6 Å². The molecule has 2 amide bonds. The van der Waals surface area contributed by atoms with Crippen LogP contribution < -0.4 is 5.32 Å². The number of pyridine rings is 1. The normalized spacial score (nSPS) is 14.3. The molecule has 0 bridgehead atoms. The number of likely N-dealkylation sites (tertiary alicyclic amines) is 1. The van der Waals surface area contributed by atoms with Gasteiger partial charge in [0.2, 0.25) is 0 Å². The number of amides is 2. The number of carbonyl (C=O) groups is 2. The molecule has 0 atom stereocenters. The summed E-state index contributed by atoms with van der Waals surface area (Å²) in [7, 11) is 1.63. The number of aryl methyl sites for hydroxylation is 1. The molecule has 0 radical (unpaired) electrons. The minimum atomic E-state index is -4.99. The summed E-state index contributed by atoms with van der Waals surface area (Å²) in [6.07, 6.45) is -0.403. The highest BCUT2D eigenvalue weighted by Crippen LogP contribution is 2.36. The van der Waals surface area contributed by atoms with Crippen LogP contribution in [0.25, 0.3) is 22.0 Å². The Labute approximate surface area is 246 Å². The van der Waals surface area contributed by atoms with Gasteiger partial charge in [-0.25, -0.2) is 4.39 Å². The number of alkyl halides is 3. The number of carbonyl (C=O) groups excluding carboxylic acids is 2. The lowest BCUT2D eigenvalue weighted by Gasteiger charge is -2.32. The molecule has 5 rings (SSSR count). The molecule has 0 aliphatic carbocycles. The molecule has 226 valence electrons. The SMILES string of the molecule is COCCn1cc(C(=O)N2CCC(c3cc(CNC(=O)C(F)(F)F)ccc3F)CC2)c2c(-c3ccnc(C)c3)cccc21. The summed E-state index contributed by atoms with van der Waals surface area (Å²) in [5, 5.41) is 2.67. The topological polar surface area (TPSA) is 76.5 Å². The van der Waals surface area contributed by atoms with Crippen LogP contribution in [-0.2, 0) is 22.6 Å². The molecule has 1 aliphatic heterocycles. The quantitative estimate of drug-likeness (QED) is 0.254. The van der Waals surface area contributed by atoms with Crippen molar-refractivity contribution < 1.29 is 31.9 Å². The lowest BCUT2D eigenvalue weighted by atomic mass is 9.88. The smallest absolute Gasteiger partial charge is 0.383 e. The molecular formula is C32H32F4N4O3. The van der Waals surface area contributed by atoms with Gasteiger partial charge in [0.1, 0.15) is 5.82 Å². The number of methoxy groups -OCH3 is 1. The van der Waals surface area contributed by atoms with Crippen molar-refractivity contribution >= 4 is 22.7 Å². The van der Waals surface area contributed by atoms with Crippen molar-refractivity contribution in [1.82, 2.24) is 19.8 Å². The van der Waals surface area contributed by atoms with Crippen molar-refractivity contribution in [3.8, 4) is 11.1 Å². The largest absolute Gasteiger partial charge is 0.471 e. The van der Waals surface area contributed by atoms with E-state index in [1.165, 1.54) is 18.2 Å². The van der Waals surface area contributed by atoms with Gasteiger partial charge in [-0.3, -0.25) is 14.6 Å². The number of piperidine rings is 1. The van der Waals surface area contributed by atoms with Gasteiger partial charge in [-0.15, -0.1) is 0 Å². The number of halogens is 4. The summed E-state index contributed by atoms with van der Waals surface area (Å²) in [5.41, 5.74) is 4.97. The highest BCUT2D eigenvalue weighted by atomic mass is 19.4. The first-order chi connectivity index (χ1) is 20.6. The second-order valence-electron chi connectivity index (χ2n) is 10.7. The van der Waals surface area contributed by atoms with Gasteiger partial charge in [0.15, 0.2) is 0 Å². The second-order valence-corrected chi connectivity index (χ2v) is 10.7. The van der Waals surface area contributed by atoms with Crippen LogP contribution in [0.3, 0.4) is 0 Å². The molecule has 3 heterocycles. The van der Waals surface area contributed by atoms with Gasteiger partial charge in [0.05, 0.1) is 12.2 Å². The van der Waals surface area contributed by atoms with Crippen molar-refractivity contribution in [3.63, 3.8) is 0 Å². The van der Waals surface area contributed by atoms with E-state index in [1.807, 2.05) is 53.3 Å². The number of hydrogen-bond acceptors (Lipinski definition) is 4. The first-order valence-corrected chi connectivity index (χ1v) is 14.0. The standard InChI is InChI=1S/C32H32F4N4O3/c1-20-16-23(8-11-37-20)24-4-3-5-28-29(24)26(19-40(28)14-15-43-2)30(41)39-12-9-22(10-13-39)25-17-21(6-7-27(25)33)18-38-31(42)32(34,35)36/h3-8,11,16-17,19,22H,9-10,12-15,18H2,1-2H3,(H,38,42). The van der Waals surface area contributed by atoms with E-state index < -0.39 is 17.9 Å². The van der Waals surface area contributed by atoms with Gasteiger partial charge in [-0.05, 0) is 72.2 Å². The molecule has 43 heavy (non-hydrogen) atoms. The first kappa shape index (κ1) is 30.2. The number of fused-ring (bicyclic) bond motifs is 1. The zero-order valence-corrected chi connectivity index (χ0v) is 23.9. The predicted octanol–water partition coefficient (Wildman–Crippen LogP) is 6.00. The molecule has 1 N–H and O–H groups in total. The van der Waals surface area contributed by atoms with Crippen LogP contribution in [-0.4, -0.2) is 59.2 Å². The molecule has 1 fully saturated rings. The first-order valence-electron chi connectivity index (χ1n) is 14.0. The van der Waals surface area contributed by atoms with E-state index in [2.05, 4.69) is 4.98 Å². The van der Waals surface area contributed by atoms with E-state index in [1.54, 1.807) is 18.2 Å². The molecule has 1 saturated heterocycles. The third-order valence-corrected chi connectivity index (χ3v) is 7.87. The van der Waals surface area contributed by atoms with Crippen LogP contribution in [0.1, 0.15) is 45.9 Å². The number of hydrogen-bond donors (Lipinski definition) is 1. The molecule has 11 heteroatoms. The molecular weight excluding hydrogens is 564 g/mol. The second kappa shape index (κ2) is 12.5. The maximum absolute atomic E-state index is 14.8. The Kier molecular flexibility index (Phi) is 8.82. The molecule has 2 aromatic carbocycles. The maximum Gasteiger partial charge on any atom is 0.471 e. The minimum absolute atomic E-state index is 0.123. The number of aromatic nitrogens is 2. The van der Waals surface area contributed by atoms with Crippen LogP contribution in [0.5, 0.6) is 0 Å². The number of nitrogens with zero attached hydrogens (tertiary/aromatic N) is 3. The number of ether oxygens (including phenoxy) is 1. The number of nitrogens with one attached hydrogen (secondary N) is 1. The zero-order valence-electron chi connectivity index (χ0n) is 23.9. The molecule has 7 nitrogen and oxygen atoms in total. The highest BCUT2D eigenvalue weighted by Gasteiger charge is 2.38.